The molecule has 1 N–H and O–H groups in total. The van der Waals surface area contributed by atoms with Crippen molar-refractivity contribution in [3.63, 3.8) is 0 Å². The number of benzene rings is 1. The van der Waals surface area contributed by atoms with Crippen LogP contribution in [0.4, 0.5) is 0 Å². The van der Waals surface area contributed by atoms with Gasteiger partial charge in [-0.3, -0.25) is 4.68 Å². The highest BCUT2D eigenvalue weighted by atomic mass is 35.5. The Kier molecular flexibility index (Phi) is 7.75. The number of hydrogen-bond acceptors (Lipinski definition) is 4. The second-order valence-corrected chi connectivity index (χ2v) is 11.2. The summed E-state index contributed by atoms with van der Waals surface area (Å²) in [5, 5.41) is 9.43. The molecule has 4 rings (SSSR count). The summed E-state index contributed by atoms with van der Waals surface area (Å²) in [5.74, 6) is 0.189. The molecule has 2 aliphatic rings. The van der Waals surface area contributed by atoms with E-state index in [1.807, 2.05) is 23.7 Å². The van der Waals surface area contributed by atoms with Crippen molar-refractivity contribution >= 4 is 34.0 Å². The Hall–Kier alpha value is -1.12. The molecule has 1 atom stereocenters. The average molecular weight is 487 g/mol. The van der Waals surface area contributed by atoms with Crippen molar-refractivity contribution in [2.45, 2.75) is 57.0 Å². The zero-order valence-electron chi connectivity index (χ0n) is 18.2. The van der Waals surface area contributed by atoms with Crippen molar-refractivity contribution < 1.29 is 8.42 Å². The lowest BCUT2D eigenvalue weighted by molar-refractivity contribution is 0.161. The molecule has 1 fully saturated rings. The van der Waals surface area contributed by atoms with Gasteiger partial charge in [-0.15, -0.1) is 12.4 Å². The van der Waals surface area contributed by atoms with Gasteiger partial charge in [0.2, 0.25) is 10.0 Å². The van der Waals surface area contributed by atoms with Crippen LogP contribution in [0.25, 0.3) is 0 Å². The fraction of sp³-hybridized carbons (Fsp3) is 0.591. The molecule has 9 heteroatoms. The Labute approximate surface area is 196 Å². The maximum atomic E-state index is 12.2. The summed E-state index contributed by atoms with van der Waals surface area (Å²) in [6, 6.07) is 8.45. The van der Waals surface area contributed by atoms with Gasteiger partial charge in [0.15, 0.2) is 0 Å². The van der Waals surface area contributed by atoms with Crippen LogP contribution in [0, 0.1) is 0 Å². The van der Waals surface area contributed by atoms with Crippen molar-refractivity contribution in [1.82, 2.24) is 19.4 Å². The third-order valence-corrected chi connectivity index (χ3v) is 8.99. The lowest BCUT2D eigenvalue weighted by Gasteiger charge is -2.49. The number of likely N-dealkylation sites (N-methyl/N-ethyl adjacent to an activating group) is 1. The molecule has 1 aromatic carbocycles. The largest absolute Gasteiger partial charge is 0.307 e. The first kappa shape index (κ1) is 24.5. The molecule has 0 bridgehead atoms. The average Bonchev–Trinajstić information content (AvgIpc) is 3.10. The number of sulfonamides is 1. The van der Waals surface area contributed by atoms with Gasteiger partial charge >= 0.3 is 0 Å². The summed E-state index contributed by atoms with van der Waals surface area (Å²) in [5.41, 5.74) is 3.77. The van der Waals surface area contributed by atoms with E-state index in [1.165, 1.54) is 21.9 Å². The zero-order chi connectivity index (χ0) is 21.4. The molecule has 1 aliphatic carbocycles. The van der Waals surface area contributed by atoms with E-state index in [0.29, 0.717) is 19.5 Å². The van der Waals surface area contributed by atoms with Crippen LogP contribution < -0.4 is 5.32 Å². The van der Waals surface area contributed by atoms with E-state index >= 15 is 0 Å². The van der Waals surface area contributed by atoms with Crippen LogP contribution in [0.15, 0.2) is 30.5 Å². The normalized spacial score (nSPS) is 20.1. The van der Waals surface area contributed by atoms with Crippen LogP contribution in [0.5, 0.6) is 0 Å². The van der Waals surface area contributed by atoms with Crippen molar-refractivity contribution in [3.05, 3.63) is 52.3 Å². The molecule has 172 valence electrons. The van der Waals surface area contributed by atoms with E-state index < -0.39 is 10.0 Å². The van der Waals surface area contributed by atoms with Crippen molar-refractivity contribution in [2.75, 3.05) is 25.9 Å². The number of hydrogen-bond donors (Lipinski definition) is 1. The molecule has 0 spiro atoms. The molecule has 1 aliphatic heterocycles. The minimum absolute atomic E-state index is 0. The molecular formula is C22H32Cl2N4O2S. The first-order valence-electron chi connectivity index (χ1n) is 10.9. The van der Waals surface area contributed by atoms with Crippen LogP contribution >= 0.6 is 24.0 Å². The minimum atomic E-state index is -3.18. The maximum Gasteiger partial charge on any atom is 0.213 e. The molecule has 6 nitrogen and oxygen atoms in total. The van der Waals surface area contributed by atoms with Gasteiger partial charge in [-0.2, -0.15) is 5.10 Å². The molecule has 0 saturated heterocycles. The van der Waals surface area contributed by atoms with E-state index in [-0.39, 0.29) is 29.6 Å². The number of nitrogens with one attached hydrogen (secondary N) is 1. The van der Waals surface area contributed by atoms with E-state index in [0.717, 1.165) is 36.5 Å². The predicted octanol–water partition coefficient (Wildman–Crippen LogP) is 3.94. The fourth-order valence-electron chi connectivity index (χ4n) is 4.81. The van der Waals surface area contributed by atoms with Gasteiger partial charge in [0.25, 0.3) is 0 Å². The lowest BCUT2D eigenvalue weighted by atomic mass is 9.58. The van der Waals surface area contributed by atoms with Crippen molar-refractivity contribution in [2.24, 2.45) is 0 Å². The summed E-state index contributed by atoms with van der Waals surface area (Å²) in [7, 11) is -1.53. The monoisotopic (exact) mass is 486 g/mol. The van der Waals surface area contributed by atoms with Crippen LogP contribution in [-0.4, -0.2) is 48.4 Å². The first-order chi connectivity index (χ1) is 14.4. The second-order valence-electron chi connectivity index (χ2n) is 8.59. The Morgan fingerprint density at radius 3 is 2.61 bits per heavy atom. The molecular weight excluding hydrogens is 455 g/mol. The highest BCUT2D eigenvalue weighted by molar-refractivity contribution is 7.89. The third-order valence-electron chi connectivity index (χ3n) is 6.68. The molecule has 0 radical (unpaired) electrons. The van der Waals surface area contributed by atoms with Gasteiger partial charge in [-0.1, -0.05) is 37.1 Å². The molecule has 1 aromatic heterocycles. The number of nitrogens with zero attached hydrogens (tertiary/aromatic N) is 3. The van der Waals surface area contributed by atoms with Gasteiger partial charge in [-0.25, -0.2) is 12.7 Å². The number of fused-ring (bicyclic) bond motifs is 1. The lowest BCUT2D eigenvalue weighted by Crippen LogP contribution is -2.49. The first-order valence-corrected chi connectivity index (χ1v) is 12.8. The van der Waals surface area contributed by atoms with E-state index in [2.05, 4.69) is 23.6 Å². The number of halogens is 2. The summed E-state index contributed by atoms with van der Waals surface area (Å²) < 4.78 is 27.8. The minimum Gasteiger partial charge on any atom is -0.307 e. The highest BCUT2D eigenvalue weighted by Gasteiger charge is 2.48. The third kappa shape index (κ3) is 4.81. The van der Waals surface area contributed by atoms with Crippen LogP contribution in [0.2, 0.25) is 5.02 Å². The smallest absolute Gasteiger partial charge is 0.213 e. The maximum absolute atomic E-state index is 12.2. The van der Waals surface area contributed by atoms with Gasteiger partial charge in [-0.05, 0) is 55.5 Å². The van der Waals surface area contributed by atoms with Crippen molar-refractivity contribution in [1.29, 1.82) is 0 Å². The Bertz CT molecular complexity index is 987. The summed E-state index contributed by atoms with van der Waals surface area (Å²) >= 11 is 6.13. The SMILES string of the molecule is CCCS(=O)(=O)N(C)CCn1cc2c(n1)C(C1(c3ccc(Cl)cc3)CCC1)NCC2.Cl. The Morgan fingerprint density at radius 2 is 2.00 bits per heavy atom. The van der Waals surface area contributed by atoms with E-state index in [4.69, 9.17) is 16.7 Å². The van der Waals surface area contributed by atoms with E-state index in [1.54, 1.807) is 7.05 Å². The van der Waals surface area contributed by atoms with E-state index in [9.17, 15) is 8.42 Å². The molecule has 2 aromatic rings. The molecule has 1 unspecified atom stereocenters. The van der Waals surface area contributed by atoms with Crippen LogP contribution in [0.1, 0.15) is 55.5 Å². The molecule has 2 heterocycles. The summed E-state index contributed by atoms with van der Waals surface area (Å²) in [6.07, 6.45) is 7.18. The van der Waals surface area contributed by atoms with Gasteiger partial charge in [0, 0.05) is 30.2 Å². The van der Waals surface area contributed by atoms with Crippen molar-refractivity contribution in [3.8, 4) is 0 Å². The zero-order valence-corrected chi connectivity index (χ0v) is 20.6. The number of aromatic nitrogens is 2. The predicted molar refractivity (Wildman–Crippen MR) is 128 cm³/mol. The molecule has 0 amide bonds. The highest BCUT2D eigenvalue weighted by Crippen LogP contribution is 2.53. The quantitative estimate of drug-likeness (QED) is 0.613. The fourth-order valence-corrected chi connectivity index (χ4v) is 6.13. The summed E-state index contributed by atoms with van der Waals surface area (Å²) in [4.78, 5) is 0. The molecule has 1 saturated carbocycles. The Morgan fingerprint density at radius 1 is 1.29 bits per heavy atom. The standard InChI is InChI=1S/C22H31ClN4O2S.ClH/c1-3-15-30(28,29)26(2)13-14-27-16-17-9-12-24-21(20(17)25-27)22(10-4-11-22)18-5-7-19(23)8-6-18;/h5-8,16,21,24H,3-4,9-15H2,1-2H3;1H. The Balaban J connectivity index is 0.00000272. The van der Waals surface area contributed by atoms with Gasteiger partial charge < -0.3 is 5.32 Å². The van der Waals surface area contributed by atoms with Gasteiger partial charge in [0.05, 0.1) is 24.0 Å². The van der Waals surface area contributed by atoms with Crippen LogP contribution in [0.3, 0.4) is 0 Å². The topological polar surface area (TPSA) is 67.2 Å². The second kappa shape index (κ2) is 9.79. The number of rotatable bonds is 8. The van der Waals surface area contributed by atoms with Gasteiger partial charge in [0.1, 0.15) is 0 Å². The summed E-state index contributed by atoms with van der Waals surface area (Å²) in [6.45, 7) is 3.82. The van der Waals surface area contributed by atoms with Crippen LogP contribution in [-0.2, 0) is 28.4 Å². The molecule has 31 heavy (non-hydrogen) atoms.